The Balaban J connectivity index is 1.44. The van der Waals surface area contributed by atoms with E-state index in [1.807, 2.05) is 23.0 Å². The molecule has 1 N–H and O–H groups in total. The fraction of sp³-hybridized carbons (Fsp3) is 0.381. The highest BCUT2D eigenvalue weighted by Gasteiger charge is 2.23. The van der Waals surface area contributed by atoms with E-state index in [9.17, 15) is 9.90 Å². The molecule has 1 aliphatic heterocycles. The summed E-state index contributed by atoms with van der Waals surface area (Å²) in [6, 6.07) is 12.3. The molecule has 1 aromatic carbocycles. The Morgan fingerprint density at radius 3 is 2.93 bits per heavy atom. The summed E-state index contributed by atoms with van der Waals surface area (Å²) < 4.78 is 1.94. The van der Waals surface area contributed by atoms with Crippen molar-refractivity contribution in [1.29, 1.82) is 0 Å². The van der Waals surface area contributed by atoms with Crippen molar-refractivity contribution in [2.45, 2.75) is 32.2 Å². The van der Waals surface area contributed by atoms with Crippen molar-refractivity contribution in [2.24, 2.45) is 0 Å². The highest BCUT2D eigenvalue weighted by molar-refractivity contribution is 5.78. The van der Waals surface area contributed by atoms with Crippen molar-refractivity contribution in [3.05, 3.63) is 59.5 Å². The summed E-state index contributed by atoms with van der Waals surface area (Å²) in [6.07, 6.45) is 0.999. The highest BCUT2D eigenvalue weighted by atomic mass is 16.3. The molecule has 1 atom stereocenters. The molecule has 7 heteroatoms. The summed E-state index contributed by atoms with van der Waals surface area (Å²) in [5.74, 6) is -0.106. The molecular formula is C21H25N5O2. The summed E-state index contributed by atoms with van der Waals surface area (Å²) in [6.45, 7) is 3.30. The number of rotatable bonds is 5. The van der Waals surface area contributed by atoms with Crippen molar-refractivity contribution < 1.29 is 9.90 Å². The van der Waals surface area contributed by atoms with E-state index in [1.165, 1.54) is 10.5 Å². The number of nitrogens with zero attached hydrogens (tertiary/aromatic N) is 5. The first-order valence-corrected chi connectivity index (χ1v) is 9.50. The van der Waals surface area contributed by atoms with Gasteiger partial charge in [0.05, 0.1) is 29.9 Å². The molecule has 0 radical (unpaired) electrons. The lowest BCUT2D eigenvalue weighted by molar-refractivity contribution is -0.130. The lowest BCUT2D eigenvalue weighted by Gasteiger charge is -2.27. The smallest absolute Gasteiger partial charge is 0.225 e. The number of hydrogen-bond acceptors (Lipinski definition) is 5. The summed E-state index contributed by atoms with van der Waals surface area (Å²) in [5.41, 5.74) is 3.91. The van der Waals surface area contributed by atoms with Gasteiger partial charge in [0.2, 0.25) is 5.91 Å². The fourth-order valence-corrected chi connectivity index (χ4v) is 3.57. The third-order valence-corrected chi connectivity index (χ3v) is 5.18. The number of fused-ring (bicyclic) bond motifs is 2. The van der Waals surface area contributed by atoms with Gasteiger partial charge in [0.1, 0.15) is 6.10 Å². The Bertz CT molecular complexity index is 997. The van der Waals surface area contributed by atoms with Crippen LogP contribution in [0.2, 0.25) is 0 Å². The molecule has 0 bridgehead atoms. The van der Waals surface area contributed by atoms with E-state index in [4.69, 9.17) is 0 Å². The van der Waals surface area contributed by atoms with Gasteiger partial charge in [-0.25, -0.2) is 0 Å². The molecule has 0 saturated carbocycles. The molecule has 3 aromatic rings. The van der Waals surface area contributed by atoms with Gasteiger partial charge >= 0.3 is 0 Å². The quantitative estimate of drug-likeness (QED) is 0.734. The standard InChI is InChI=1S/C21H25N5O2/c1-24(2)21(28)12-20(27)19-11-17-14-25(8-9-26(17)23-19)13-15-5-6-18-16(10-15)4-3-7-22-18/h3-7,10-11,20,27H,8-9,12-14H2,1-2H3/t20-/m1/s1. The summed E-state index contributed by atoms with van der Waals surface area (Å²) >= 11 is 0. The maximum atomic E-state index is 11.8. The van der Waals surface area contributed by atoms with Gasteiger partial charge in [-0.15, -0.1) is 0 Å². The van der Waals surface area contributed by atoms with Crippen LogP contribution in [0.3, 0.4) is 0 Å². The van der Waals surface area contributed by atoms with E-state index < -0.39 is 6.10 Å². The molecule has 2 aromatic heterocycles. The van der Waals surface area contributed by atoms with Crippen LogP contribution in [0, 0.1) is 0 Å². The minimum atomic E-state index is -0.866. The second-order valence-corrected chi connectivity index (χ2v) is 7.53. The van der Waals surface area contributed by atoms with Gasteiger partial charge in [-0.2, -0.15) is 5.10 Å². The third-order valence-electron chi connectivity index (χ3n) is 5.18. The second-order valence-electron chi connectivity index (χ2n) is 7.53. The van der Waals surface area contributed by atoms with Crippen LogP contribution in [0.4, 0.5) is 0 Å². The van der Waals surface area contributed by atoms with Crippen LogP contribution in [-0.4, -0.2) is 56.2 Å². The van der Waals surface area contributed by atoms with Crippen LogP contribution < -0.4 is 0 Å². The Labute approximate surface area is 164 Å². The number of carbonyl (C=O) groups is 1. The normalized spacial score (nSPS) is 15.4. The van der Waals surface area contributed by atoms with Crippen molar-refractivity contribution in [3.8, 4) is 0 Å². The van der Waals surface area contributed by atoms with Crippen LogP contribution >= 0.6 is 0 Å². The summed E-state index contributed by atoms with van der Waals surface area (Å²) in [4.78, 5) is 20.1. The lowest BCUT2D eigenvalue weighted by Crippen LogP contribution is -2.33. The average Bonchev–Trinajstić information content (AvgIpc) is 3.11. The van der Waals surface area contributed by atoms with Gasteiger partial charge in [0.25, 0.3) is 0 Å². The van der Waals surface area contributed by atoms with Crippen LogP contribution in [0.5, 0.6) is 0 Å². The van der Waals surface area contributed by atoms with Crippen molar-refractivity contribution in [2.75, 3.05) is 20.6 Å². The summed E-state index contributed by atoms with van der Waals surface area (Å²) in [5, 5.41) is 16.0. The molecular weight excluding hydrogens is 354 g/mol. The van der Waals surface area contributed by atoms with Crippen molar-refractivity contribution >= 4 is 16.8 Å². The maximum absolute atomic E-state index is 11.8. The minimum Gasteiger partial charge on any atom is -0.386 e. The molecule has 1 aliphatic rings. The topological polar surface area (TPSA) is 74.5 Å². The molecule has 4 rings (SSSR count). The van der Waals surface area contributed by atoms with Gasteiger partial charge in [0, 0.05) is 45.3 Å². The zero-order valence-electron chi connectivity index (χ0n) is 16.2. The molecule has 28 heavy (non-hydrogen) atoms. The number of amides is 1. The minimum absolute atomic E-state index is 0.0539. The Hall–Kier alpha value is -2.77. The molecule has 0 aliphatic carbocycles. The van der Waals surface area contributed by atoms with Gasteiger partial charge < -0.3 is 10.0 Å². The zero-order chi connectivity index (χ0) is 19.7. The van der Waals surface area contributed by atoms with Gasteiger partial charge in [-0.05, 0) is 29.8 Å². The molecule has 146 valence electrons. The number of carbonyl (C=O) groups excluding carboxylic acids is 1. The Kier molecular flexibility index (Phi) is 5.11. The SMILES string of the molecule is CN(C)C(=O)C[C@@H](O)c1cc2n(n1)CCN(Cc1ccc3ncccc3c1)C2. The van der Waals surface area contributed by atoms with Crippen LogP contribution in [-0.2, 0) is 24.4 Å². The first-order chi connectivity index (χ1) is 13.5. The Morgan fingerprint density at radius 1 is 1.25 bits per heavy atom. The number of aliphatic hydroxyl groups is 1. The van der Waals surface area contributed by atoms with E-state index in [2.05, 4.69) is 39.2 Å². The second kappa shape index (κ2) is 7.69. The molecule has 0 saturated heterocycles. The first-order valence-electron chi connectivity index (χ1n) is 9.50. The lowest BCUT2D eigenvalue weighted by atomic mass is 10.1. The average molecular weight is 379 g/mol. The molecule has 7 nitrogen and oxygen atoms in total. The van der Waals surface area contributed by atoms with Crippen molar-refractivity contribution in [3.63, 3.8) is 0 Å². The fourth-order valence-electron chi connectivity index (χ4n) is 3.57. The molecule has 0 unspecified atom stereocenters. The van der Waals surface area contributed by atoms with Gasteiger partial charge in [0.15, 0.2) is 0 Å². The number of aromatic nitrogens is 3. The van der Waals surface area contributed by atoms with E-state index >= 15 is 0 Å². The molecule has 3 heterocycles. The largest absolute Gasteiger partial charge is 0.386 e. The molecule has 0 fully saturated rings. The number of aliphatic hydroxyl groups excluding tert-OH is 1. The number of benzene rings is 1. The Morgan fingerprint density at radius 2 is 2.11 bits per heavy atom. The van der Waals surface area contributed by atoms with Gasteiger partial charge in [-0.3, -0.25) is 19.4 Å². The van der Waals surface area contributed by atoms with E-state index in [1.54, 1.807) is 14.1 Å². The number of hydrogen-bond donors (Lipinski definition) is 1. The van der Waals surface area contributed by atoms with E-state index in [-0.39, 0.29) is 12.3 Å². The molecule has 0 spiro atoms. The van der Waals surface area contributed by atoms with Crippen LogP contribution in [0.15, 0.2) is 42.6 Å². The number of pyridine rings is 1. The van der Waals surface area contributed by atoms with Crippen molar-refractivity contribution in [1.82, 2.24) is 24.6 Å². The van der Waals surface area contributed by atoms with Gasteiger partial charge in [-0.1, -0.05) is 12.1 Å². The van der Waals surface area contributed by atoms with Crippen LogP contribution in [0.1, 0.15) is 29.5 Å². The maximum Gasteiger partial charge on any atom is 0.225 e. The van der Waals surface area contributed by atoms with E-state index in [0.717, 1.165) is 42.8 Å². The summed E-state index contributed by atoms with van der Waals surface area (Å²) in [7, 11) is 3.38. The predicted octanol–water partition coefficient (Wildman–Crippen LogP) is 1.96. The predicted molar refractivity (Wildman–Crippen MR) is 106 cm³/mol. The monoisotopic (exact) mass is 379 g/mol. The molecule has 1 amide bonds. The highest BCUT2D eigenvalue weighted by Crippen LogP contribution is 2.22. The first kappa shape index (κ1) is 18.6. The van der Waals surface area contributed by atoms with Crippen LogP contribution in [0.25, 0.3) is 10.9 Å². The van der Waals surface area contributed by atoms with E-state index in [0.29, 0.717) is 5.69 Å². The zero-order valence-corrected chi connectivity index (χ0v) is 16.2. The third kappa shape index (κ3) is 3.90.